The maximum atomic E-state index is 13.4. The number of rotatable bonds is 5. The van der Waals surface area contributed by atoms with Gasteiger partial charge in [-0.05, 0) is 43.4 Å². The Kier molecular flexibility index (Phi) is 6.29. The van der Waals surface area contributed by atoms with E-state index < -0.39 is 23.7 Å². The van der Waals surface area contributed by atoms with E-state index in [1.165, 1.54) is 13.2 Å². The number of hydrogen-bond acceptors (Lipinski definition) is 3. The van der Waals surface area contributed by atoms with E-state index in [-0.39, 0.29) is 18.8 Å². The minimum absolute atomic E-state index is 0.00606. The Bertz CT molecular complexity index is 534. The topological polar surface area (TPSA) is 70.6 Å². The number of aliphatic hydroxyl groups excluding tert-OH is 1. The predicted molar refractivity (Wildman–Crippen MR) is 80.9 cm³/mol. The molecule has 1 aromatic rings. The second-order valence-electron chi connectivity index (χ2n) is 5.80. The van der Waals surface area contributed by atoms with Crippen molar-refractivity contribution in [2.75, 3.05) is 13.7 Å². The fraction of sp³-hybridized carbons (Fsp3) is 0.562. The van der Waals surface area contributed by atoms with Crippen molar-refractivity contribution in [1.82, 2.24) is 10.6 Å². The second kappa shape index (κ2) is 8.21. The third-order valence-electron chi connectivity index (χ3n) is 4.02. The first-order valence-electron chi connectivity index (χ1n) is 7.68. The normalized spacial score (nSPS) is 22.4. The molecule has 1 fully saturated rings. The highest BCUT2D eigenvalue weighted by molar-refractivity contribution is 5.74. The lowest BCUT2D eigenvalue weighted by atomic mass is 9.93. The van der Waals surface area contributed by atoms with Crippen LogP contribution in [-0.4, -0.2) is 37.0 Å². The number of methoxy groups -OCH3 is 1. The highest BCUT2D eigenvalue weighted by Gasteiger charge is 2.22. The maximum absolute atomic E-state index is 13.4. The first kappa shape index (κ1) is 17.6. The Morgan fingerprint density at radius 2 is 2.00 bits per heavy atom. The van der Waals surface area contributed by atoms with Crippen molar-refractivity contribution in [3.8, 4) is 0 Å². The number of amides is 2. The molecule has 23 heavy (non-hydrogen) atoms. The molecule has 1 aliphatic carbocycles. The van der Waals surface area contributed by atoms with Crippen LogP contribution >= 0.6 is 0 Å². The molecule has 2 rings (SSSR count). The van der Waals surface area contributed by atoms with Crippen molar-refractivity contribution < 1.29 is 23.4 Å². The first-order valence-corrected chi connectivity index (χ1v) is 7.68. The molecule has 1 saturated carbocycles. The standard InChI is InChI=1S/C16H22F2N2O3/c1-23-9-15(10-2-7-13(17)14(18)8-10)20-16(22)19-11-3-5-12(21)6-4-11/h2,7-8,11-12,15,21H,3-6,9H2,1H3,(H2,19,20,22). The van der Waals surface area contributed by atoms with Crippen molar-refractivity contribution >= 4 is 6.03 Å². The SMILES string of the molecule is COCC(NC(=O)NC1CCC(O)CC1)c1ccc(F)c(F)c1. The zero-order valence-corrected chi connectivity index (χ0v) is 13.0. The predicted octanol–water partition coefficient (Wildman–Crippen LogP) is 2.25. The van der Waals surface area contributed by atoms with E-state index in [0.29, 0.717) is 31.2 Å². The number of carbonyl (C=O) groups excluding carboxylic acids is 1. The van der Waals surface area contributed by atoms with E-state index in [2.05, 4.69) is 10.6 Å². The lowest BCUT2D eigenvalue weighted by Gasteiger charge is -2.27. The summed E-state index contributed by atoms with van der Waals surface area (Å²) in [6.45, 7) is 0.141. The fourth-order valence-electron chi connectivity index (χ4n) is 2.72. The minimum atomic E-state index is -0.966. The van der Waals surface area contributed by atoms with Gasteiger partial charge in [-0.25, -0.2) is 13.6 Å². The zero-order valence-electron chi connectivity index (χ0n) is 13.0. The van der Waals surface area contributed by atoms with Gasteiger partial charge in [0.2, 0.25) is 0 Å². The molecule has 0 saturated heterocycles. The maximum Gasteiger partial charge on any atom is 0.315 e. The van der Waals surface area contributed by atoms with Crippen LogP contribution in [-0.2, 0) is 4.74 Å². The van der Waals surface area contributed by atoms with Crippen LogP contribution in [0.1, 0.15) is 37.3 Å². The molecule has 0 spiro atoms. The van der Waals surface area contributed by atoms with Crippen LogP contribution in [0.5, 0.6) is 0 Å². The quantitative estimate of drug-likeness (QED) is 0.776. The van der Waals surface area contributed by atoms with E-state index in [0.717, 1.165) is 12.1 Å². The number of nitrogens with one attached hydrogen (secondary N) is 2. The van der Waals surface area contributed by atoms with Crippen molar-refractivity contribution in [3.05, 3.63) is 35.4 Å². The highest BCUT2D eigenvalue weighted by atomic mass is 19.2. The summed E-state index contributed by atoms with van der Waals surface area (Å²) in [4.78, 5) is 12.1. The highest BCUT2D eigenvalue weighted by Crippen LogP contribution is 2.19. The summed E-state index contributed by atoms with van der Waals surface area (Å²) in [5, 5.41) is 15.0. The van der Waals surface area contributed by atoms with Gasteiger partial charge in [0.15, 0.2) is 11.6 Å². The molecular weight excluding hydrogens is 306 g/mol. The Hall–Kier alpha value is -1.73. The summed E-state index contributed by atoms with van der Waals surface area (Å²) in [6, 6.07) is 2.53. The number of halogens is 2. The van der Waals surface area contributed by atoms with Crippen LogP contribution in [0.4, 0.5) is 13.6 Å². The number of carbonyl (C=O) groups is 1. The van der Waals surface area contributed by atoms with Gasteiger partial charge in [-0.3, -0.25) is 0 Å². The van der Waals surface area contributed by atoms with Gasteiger partial charge < -0.3 is 20.5 Å². The van der Waals surface area contributed by atoms with Crippen molar-refractivity contribution in [2.24, 2.45) is 0 Å². The Labute approximate surface area is 134 Å². The smallest absolute Gasteiger partial charge is 0.315 e. The summed E-state index contributed by atoms with van der Waals surface area (Å²) < 4.78 is 31.4. The van der Waals surface area contributed by atoms with Gasteiger partial charge in [-0.1, -0.05) is 6.07 Å². The Morgan fingerprint density at radius 3 is 2.61 bits per heavy atom. The van der Waals surface area contributed by atoms with Crippen LogP contribution in [0.25, 0.3) is 0 Å². The van der Waals surface area contributed by atoms with Gasteiger partial charge in [-0.2, -0.15) is 0 Å². The van der Waals surface area contributed by atoms with E-state index in [4.69, 9.17) is 4.74 Å². The molecule has 3 N–H and O–H groups in total. The number of urea groups is 1. The number of aliphatic hydroxyl groups is 1. The number of benzene rings is 1. The molecule has 1 unspecified atom stereocenters. The number of ether oxygens (including phenoxy) is 1. The largest absolute Gasteiger partial charge is 0.393 e. The van der Waals surface area contributed by atoms with Gasteiger partial charge in [-0.15, -0.1) is 0 Å². The molecule has 128 valence electrons. The van der Waals surface area contributed by atoms with Crippen LogP contribution in [0, 0.1) is 11.6 Å². The molecule has 2 amide bonds. The summed E-state index contributed by atoms with van der Waals surface area (Å²) in [7, 11) is 1.47. The summed E-state index contributed by atoms with van der Waals surface area (Å²) in [5.41, 5.74) is 0.431. The number of hydrogen-bond donors (Lipinski definition) is 3. The molecule has 1 atom stereocenters. The van der Waals surface area contributed by atoms with Crippen LogP contribution in [0.15, 0.2) is 18.2 Å². The second-order valence-corrected chi connectivity index (χ2v) is 5.80. The molecule has 0 radical (unpaired) electrons. The molecule has 0 aliphatic heterocycles. The molecule has 1 aromatic carbocycles. The average molecular weight is 328 g/mol. The first-order chi connectivity index (χ1) is 11.0. The van der Waals surface area contributed by atoms with Crippen LogP contribution in [0.2, 0.25) is 0 Å². The Balaban J connectivity index is 1.95. The molecule has 7 heteroatoms. The molecule has 0 bridgehead atoms. The van der Waals surface area contributed by atoms with Crippen LogP contribution < -0.4 is 10.6 Å². The van der Waals surface area contributed by atoms with Crippen molar-refractivity contribution in [2.45, 2.75) is 43.9 Å². The van der Waals surface area contributed by atoms with Gasteiger partial charge in [0.05, 0.1) is 18.8 Å². The Morgan fingerprint density at radius 1 is 1.30 bits per heavy atom. The lowest BCUT2D eigenvalue weighted by molar-refractivity contribution is 0.117. The summed E-state index contributed by atoms with van der Waals surface area (Å²) in [5.74, 6) is -1.90. The monoisotopic (exact) mass is 328 g/mol. The fourth-order valence-corrected chi connectivity index (χ4v) is 2.72. The van der Waals surface area contributed by atoms with E-state index in [1.807, 2.05) is 0 Å². The molecule has 1 aliphatic rings. The summed E-state index contributed by atoms with van der Waals surface area (Å²) >= 11 is 0. The van der Waals surface area contributed by atoms with Gasteiger partial charge in [0.1, 0.15) is 0 Å². The van der Waals surface area contributed by atoms with E-state index in [9.17, 15) is 18.7 Å². The molecule has 0 aromatic heterocycles. The van der Waals surface area contributed by atoms with Crippen molar-refractivity contribution in [1.29, 1.82) is 0 Å². The average Bonchev–Trinajstić information content (AvgIpc) is 2.52. The van der Waals surface area contributed by atoms with E-state index in [1.54, 1.807) is 0 Å². The van der Waals surface area contributed by atoms with Gasteiger partial charge in [0.25, 0.3) is 0 Å². The molecule has 5 nitrogen and oxygen atoms in total. The third kappa shape index (κ3) is 5.14. The van der Waals surface area contributed by atoms with E-state index >= 15 is 0 Å². The van der Waals surface area contributed by atoms with Gasteiger partial charge in [0, 0.05) is 13.2 Å². The van der Waals surface area contributed by atoms with Gasteiger partial charge >= 0.3 is 6.03 Å². The zero-order chi connectivity index (χ0) is 16.8. The minimum Gasteiger partial charge on any atom is -0.393 e. The molecule has 0 heterocycles. The lowest BCUT2D eigenvalue weighted by Crippen LogP contribution is -2.46. The summed E-state index contributed by atoms with van der Waals surface area (Å²) in [6.07, 6.45) is 2.47. The van der Waals surface area contributed by atoms with Crippen molar-refractivity contribution in [3.63, 3.8) is 0 Å². The third-order valence-corrected chi connectivity index (χ3v) is 4.02. The molecular formula is C16H22F2N2O3. The van der Waals surface area contributed by atoms with Crippen LogP contribution in [0.3, 0.4) is 0 Å².